The number of esters is 3. The first kappa shape index (κ1) is 43.5. The number of ether oxygens (including phenoxy) is 3. The molecule has 0 saturated carbocycles. The van der Waals surface area contributed by atoms with E-state index in [1.807, 2.05) is 20.8 Å². The van der Waals surface area contributed by atoms with Crippen LogP contribution in [0.4, 0.5) is 5.69 Å². The molecule has 0 radical (unpaired) electrons. The molecule has 5 N–H and O–H groups in total. The first-order chi connectivity index (χ1) is 27.0. The van der Waals surface area contributed by atoms with Crippen molar-refractivity contribution in [1.82, 2.24) is 5.32 Å². The number of nitrogens with one attached hydrogen (secondary N) is 2. The summed E-state index contributed by atoms with van der Waals surface area (Å²) < 4.78 is 16.9. The summed E-state index contributed by atoms with van der Waals surface area (Å²) in [4.78, 5) is 87.4. The molecule has 2 aliphatic rings. The van der Waals surface area contributed by atoms with E-state index in [4.69, 9.17) is 14.2 Å². The van der Waals surface area contributed by atoms with Crippen LogP contribution in [-0.2, 0) is 33.4 Å². The first-order valence-corrected chi connectivity index (χ1v) is 18.7. The number of carbonyl (C=O) groups is 7. The Kier molecular flexibility index (Phi) is 14.5. The monoisotopic (exact) mass is 788 g/mol. The van der Waals surface area contributed by atoms with Gasteiger partial charge in [-0.2, -0.15) is 0 Å². The largest absolute Gasteiger partial charge is 0.507 e. The Morgan fingerprint density at radius 2 is 1.53 bits per heavy atom. The second kappa shape index (κ2) is 19.1. The maximum absolute atomic E-state index is 13.3. The minimum atomic E-state index is -1.42. The Balaban J connectivity index is 0.000000313. The summed E-state index contributed by atoms with van der Waals surface area (Å²) in [5.74, 6) is -5.65. The molecule has 0 aromatic heterocycles. The van der Waals surface area contributed by atoms with Crippen molar-refractivity contribution in [2.75, 3.05) is 5.32 Å². The number of aromatic hydroxyl groups is 3. The standard InChI is InChI=1S/C27H38N2O9.C15H10O4/c1-6-7-8-10-19-24(38-21(31)13-15(2)3)17(5)37-27(35)22(16(4)36-26(19)34)29-25(33)18-11-9-12-20(23(18)32)28-14-30;1-7-5-9-13(11(17)6-7)15(19)12-8(14(9)18)3-2-4-10(12)16/h9,11-12,14-17,19,22,24,32H,6-8,10,13H2,1-5H3,(H,28,30)(H,29,33);2-6,16-17H,1H3. The van der Waals surface area contributed by atoms with Gasteiger partial charge in [-0.1, -0.05) is 58.2 Å². The molecule has 57 heavy (non-hydrogen) atoms. The predicted octanol–water partition coefficient (Wildman–Crippen LogP) is 5.27. The van der Waals surface area contributed by atoms with Crippen LogP contribution in [0.1, 0.15) is 114 Å². The quantitative estimate of drug-likeness (QED) is 0.0429. The zero-order chi connectivity index (χ0) is 42.1. The molecule has 1 aliphatic carbocycles. The maximum atomic E-state index is 13.3. The molecule has 0 bridgehead atoms. The number of hydrogen-bond acceptors (Lipinski definition) is 13. The van der Waals surface area contributed by atoms with Gasteiger partial charge in [-0.15, -0.1) is 0 Å². The number of ketones is 2. The highest BCUT2D eigenvalue weighted by atomic mass is 16.6. The fraction of sp³-hybridized carbons (Fsp3) is 0.405. The molecular formula is C42H48N2O13. The minimum absolute atomic E-state index is 0.00114. The van der Waals surface area contributed by atoms with E-state index in [0.717, 1.165) is 12.8 Å². The van der Waals surface area contributed by atoms with Crippen LogP contribution in [0.15, 0.2) is 48.5 Å². The number of anilines is 1. The summed E-state index contributed by atoms with van der Waals surface area (Å²) in [6, 6.07) is 10.1. The molecule has 15 heteroatoms. The molecule has 5 atom stereocenters. The fourth-order valence-corrected chi connectivity index (χ4v) is 6.65. The third kappa shape index (κ3) is 10.1. The Bertz CT molecular complexity index is 2040. The molecule has 1 aliphatic heterocycles. The molecule has 1 heterocycles. The van der Waals surface area contributed by atoms with Gasteiger partial charge in [-0.3, -0.25) is 28.8 Å². The molecule has 5 rings (SSSR count). The number of cyclic esters (lactones) is 2. The van der Waals surface area contributed by atoms with Crippen molar-refractivity contribution < 1.29 is 63.1 Å². The van der Waals surface area contributed by atoms with E-state index in [9.17, 15) is 48.9 Å². The number of benzene rings is 3. The molecule has 15 nitrogen and oxygen atoms in total. The van der Waals surface area contributed by atoms with Gasteiger partial charge in [0.05, 0.1) is 28.3 Å². The number of carbonyl (C=O) groups excluding carboxylic acids is 7. The van der Waals surface area contributed by atoms with Crippen LogP contribution >= 0.6 is 0 Å². The van der Waals surface area contributed by atoms with Gasteiger partial charge in [0.2, 0.25) is 12.2 Å². The number of rotatable bonds is 11. The molecule has 1 saturated heterocycles. The maximum Gasteiger partial charge on any atom is 0.332 e. The third-order valence-electron chi connectivity index (χ3n) is 9.48. The van der Waals surface area contributed by atoms with Crippen molar-refractivity contribution in [1.29, 1.82) is 0 Å². The molecule has 3 aromatic carbocycles. The van der Waals surface area contributed by atoms with Crippen LogP contribution in [0.2, 0.25) is 0 Å². The van der Waals surface area contributed by atoms with Crippen LogP contribution < -0.4 is 10.6 Å². The summed E-state index contributed by atoms with van der Waals surface area (Å²) in [6.45, 7) is 10.4. The fourth-order valence-electron chi connectivity index (χ4n) is 6.65. The molecular weight excluding hydrogens is 740 g/mol. The normalized spacial score (nSPS) is 20.2. The Morgan fingerprint density at radius 3 is 2.19 bits per heavy atom. The highest BCUT2D eigenvalue weighted by molar-refractivity contribution is 6.30. The summed E-state index contributed by atoms with van der Waals surface area (Å²) in [6.07, 6.45) is 0.0639. The van der Waals surface area contributed by atoms with Crippen molar-refractivity contribution in [3.63, 3.8) is 0 Å². The number of amides is 2. The summed E-state index contributed by atoms with van der Waals surface area (Å²) in [7, 11) is 0. The van der Waals surface area contributed by atoms with E-state index in [0.29, 0.717) is 24.8 Å². The smallest absolute Gasteiger partial charge is 0.332 e. The number of fused-ring (bicyclic) bond motifs is 2. The van der Waals surface area contributed by atoms with Gasteiger partial charge < -0.3 is 40.2 Å². The van der Waals surface area contributed by atoms with Crippen LogP contribution in [0.5, 0.6) is 17.2 Å². The number of aryl methyl sites for hydroxylation is 1. The second-order valence-corrected chi connectivity index (χ2v) is 14.4. The topological polar surface area (TPSA) is 232 Å². The van der Waals surface area contributed by atoms with E-state index in [1.54, 1.807) is 13.0 Å². The SMILES string of the molecule is CCCCCC1C(=O)OC(C)C(NC(=O)c2cccc(NC=O)c2O)C(=O)OC(C)C1OC(=O)CC(C)C.Cc1cc(O)c2c(c1)C(=O)c1cccc(O)c1C2=O. The molecule has 3 aromatic rings. The van der Waals surface area contributed by atoms with Gasteiger partial charge in [-0.05, 0) is 69.0 Å². The lowest BCUT2D eigenvalue weighted by Gasteiger charge is -2.29. The zero-order valence-corrected chi connectivity index (χ0v) is 32.6. The average Bonchev–Trinajstić information content (AvgIpc) is 3.16. The zero-order valence-electron chi connectivity index (χ0n) is 32.6. The molecule has 1 fully saturated rings. The van der Waals surface area contributed by atoms with Crippen LogP contribution in [0.25, 0.3) is 0 Å². The lowest BCUT2D eigenvalue weighted by molar-refractivity contribution is -0.175. The number of phenolic OH excluding ortho intramolecular Hbond substituents is 3. The predicted molar refractivity (Wildman–Crippen MR) is 205 cm³/mol. The lowest BCUT2D eigenvalue weighted by atomic mass is 9.82. The second-order valence-electron chi connectivity index (χ2n) is 14.4. The molecule has 5 unspecified atom stereocenters. The average molecular weight is 789 g/mol. The van der Waals surface area contributed by atoms with Gasteiger partial charge in [0.1, 0.15) is 23.7 Å². The van der Waals surface area contributed by atoms with Crippen molar-refractivity contribution in [2.24, 2.45) is 11.8 Å². The number of para-hydroxylation sites is 1. The van der Waals surface area contributed by atoms with Crippen molar-refractivity contribution >= 4 is 47.5 Å². The van der Waals surface area contributed by atoms with Gasteiger partial charge in [0.15, 0.2) is 23.7 Å². The summed E-state index contributed by atoms with van der Waals surface area (Å²) in [5.41, 5.74) is 0.751. The summed E-state index contributed by atoms with van der Waals surface area (Å²) >= 11 is 0. The summed E-state index contributed by atoms with van der Waals surface area (Å²) in [5, 5.41) is 34.7. The van der Waals surface area contributed by atoms with Gasteiger partial charge >= 0.3 is 17.9 Å². The minimum Gasteiger partial charge on any atom is -0.507 e. The van der Waals surface area contributed by atoms with Crippen molar-refractivity contribution in [3.05, 3.63) is 81.9 Å². The number of hydrogen-bond donors (Lipinski definition) is 5. The number of unbranched alkanes of at least 4 members (excludes halogenated alkanes) is 2. The van der Waals surface area contributed by atoms with Gasteiger partial charge in [-0.25, -0.2) is 4.79 Å². The van der Waals surface area contributed by atoms with Crippen LogP contribution in [-0.4, -0.2) is 81.5 Å². The highest BCUT2D eigenvalue weighted by Gasteiger charge is 2.44. The lowest BCUT2D eigenvalue weighted by Crippen LogP contribution is -2.50. The Hall–Kier alpha value is -6.25. The molecule has 2 amide bonds. The van der Waals surface area contributed by atoms with E-state index < -0.39 is 65.6 Å². The van der Waals surface area contributed by atoms with Crippen molar-refractivity contribution in [2.45, 2.75) is 98.0 Å². The van der Waals surface area contributed by atoms with Crippen LogP contribution in [0, 0.1) is 18.8 Å². The molecule has 304 valence electrons. The molecule has 0 spiro atoms. The van der Waals surface area contributed by atoms with E-state index in [-0.39, 0.29) is 63.1 Å². The van der Waals surface area contributed by atoms with Gasteiger partial charge in [0.25, 0.3) is 5.91 Å². The van der Waals surface area contributed by atoms with Crippen molar-refractivity contribution in [3.8, 4) is 17.2 Å². The third-order valence-corrected chi connectivity index (χ3v) is 9.48. The number of phenols is 3. The first-order valence-electron chi connectivity index (χ1n) is 18.7. The Labute approximate surface area is 329 Å². The van der Waals surface area contributed by atoms with E-state index in [2.05, 4.69) is 10.6 Å². The van der Waals surface area contributed by atoms with Gasteiger partial charge in [0, 0.05) is 17.5 Å². The van der Waals surface area contributed by atoms with E-state index in [1.165, 1.54) is 56.3 Å². The highest BCUT2D eigenvalue weighted by Crippen LogP contribution is 2.37. The Morgan fingerprint density at radius 1 is 0.860 bits per heavy atom. The van der Waals surface area contributed by atoms with Crippen LogP contribution in [0.3, 0.4) is 0 Å². The van der Waals surface area contributed by atoms with E-state index >= 15 is 0 Å².